The molecule has 0 aliphatic carbocycles. The van der Waals surface area contributed by atoms with Crippen molar-refractivity contribution in [3.05, 3.63) is 46.9 Å². The predicted molar refractivity (Wildman–Crippen MR) is 63.6 cm³/mol. The number of alkyl halides is 3. The maximum Gasteiger partial charge on any atom is 0.416 e. The molecule has 2 aromatic rings. The first-order chi connectivity index (χ1) is 8.97. The van der Waals surface area contributed by atoms with E-state index in [1.54, 1.807) is 0 Å². The third-order valence-electron chi connectivity index (χ3n) is 2.32. The summed E-state index contributed by atoms with van der Waals surface area (Å²) in [5, 5.41) is 9.62. The molecule has 0 saturated heterocycles. The fourth-order valence-electron chi connectivity index (χ4n) is 1.50. The van der Waals surface area contributed by atoms with Gasteiger partial charge in [-0.25, -0.2) is 0 Å². The normalized spacial score (nSPS) is 11.4. The summed E-state index contributed by atoms with van der Waals surface area (Å²) in [5.41, 5.74) is -0.569. The smallest absolute Gasteiger partial charge is 0.365 e. The topological polar surface area (TPSA) is 50.7 Å². The standard InChI is InChI=1S/C11H8ClF3N4/c12-10-18-9(6-17-19-10)16-5-7-3-1-2-4-8(7)11(13,14)15/h1-4,6H,5H2,(H,16,18,19). The number of hydrogen-bond donors (Lipinski definition) is 1. The molecule has 0 amide bonds. The van der Waals surface area contributed by atoms with E-state index < -0.39 is 11.7 Å². The van der Waals surface area contributed by atoms with Crippen LogP contribution in [0.25, 0.3) is 0 Å². The molecule has 0 aliphatic rings. The molecule has 0 aliphatic heterocycles. The third kappa shape index (κ3) is 3.54. The minimum absolute atomic E-state index is 0.0370. The molecule has 0 bridgehead atoms. The highest BCUT2D eigenvalue weighted by Crippen LogP contribution is 2.32. The van der Waals surface area contributed by atoms with Crippen molar-refractivity contribution in [3.8, 4) is 0 Å². The van der Waals surface area contributed by atoms with Gasteiger partial charge in [0.25, 0.3) is 0 Å². The maximum atomic E-state index is 12.8. The van der Waals surface area contributed by atoms with Crippen LogP contribution in [0.4, 0.5) is 19.0 Å². The monoisotopic (exact) mass is 288 g/mol. The molecule has 1 N–H and O–H groups in total. The second kappa shape index (κ2) is 5.40. The average Bonchev–Trinajstić information content (AvgIpc) is 2.36. The Labute approximate surface area is 111 Å². The van der Waals surface area contributed by atoms with Gasteiger partial charge in [-0.2, -0.15) is 23.3 Å². The van der Waals surface area contributed by atoms with E-state index in [4.69, 9.17) is 11.6 Å². The van der Waals surface area contributed by atoms with Gasteiger partial charge < -0.3 is 5.32 Å². The summed E-state index contributed by atoms with van der Waals surface area (Å²) in [4.78, 5) is 3.78. The van der Waals surface area contributed by atoms with E-state index >= 15 is 0 Å². The van der Waals surface area contributed by atoms with Crippen molar-refractivity contribution in [1.82, 2.24) is 15.2 Å². The molecule has 4 nitrogen and oxygen atoms in total. The lowest BCUT2D eigenvalue weighted by Crippen LogP contribution is -2.12. The van der Waals surface area contributed by atoms with Gasteiger partial charge in [0.15, 0.2) is 0 Å². The lowest BCUT2D eigenvalue weighted by atomic mass is 10.1. The van der Waals surface area contributed by atoms with E-state index in [0.717, 1.165) is 6.07 Å². The highest BCUT2D eigenvalue weighted by atomic mass is 35.5. The van der Waals surface area contributed by atoms with Crippen molar-refractivity contribution in [1.29, 1.82) is 0 Å². The van der Waals surface area contributed by atoms with Crippen molar-refractivity contribution in [2.45, 2.75) is 12.7 Å². The molecule has 1 aromatic heterocycles. The largest absolute Gasteiger partial charge is 0.416 e. The number of anilines is 1. The first kappa shape index (κ1) is 13.5. The van der Waals surface area contributed by atoms with Crippen molar-refractivity contribution < 1.29 is 13.2 Å². The number of aromatic nitrogens is 3. The van der Waals surface area contributed by atoms with Crippen molar-refractivity contribution in [3.63, 3.8) is 0 Å². The molecule has 0 radical (unpaired) electrons. The van der Waals surface area contributed by atoms with Crippen LogP contribution in [0.15, 0.2) is 30.5 Å². The SMILES string of the molecule is FC(F)(F)c1ccccc1CNc1cnnc(Cl)n1. The number of nitrogens with zero attached hydrogens (tertiary/aromatic N) is 3. The van der Waals surface area contributed by atoms with Crippen LogP contribution in [0.5, 0.6) is 0 Å². The minimum atomic E-state index is -4.39. The zero-order valence-electron chi connectivity index (χ0n) is 9.45. The Kier molecular flexibility index (Phi) is 3.84. The van der Waals surface area contributed by atoms with Gasteiger partial charge in [-0.1, -0.05) is 18.2 Å². The van der Waals surface area contributed by atoms with E-state index in [9.17, 15) is 13.2 Å². The second-order valence-corrected chi connectivity index (χ2v) is 3.96. The molecule has 19 heavy (non-hydrogen) atoms. The fourth-order valence-corrected chi connectivity index (χ4v) is 1.64. The second-order valence-electron chi connectivity index (χ2n) is 3.62. The van der Waals surface area contributed by atoms with Gasteiger partial charge in [-0.05, 0) is 23.2 Å². The van der Waals surface area contributed by atoms with E-state index in [0.29, 0.717) is 0 Å². The van der Waals surface area contributed by atoms with Crippen LogP contribution < -0.4 is 5.32 Å². The number of nitrogens with one attached hydrogen (secondary N) is 1. The molecular formula is C11H8ClF3N4. The highest BCUT2D eigenvalue weighted by Gasteiger charge is 2.32. The molecular weight excluding hydrogens is 281 g/mol. The first-order valence-electron chi connectivity index (χ1n) is 5.21. The van der Waals surface area contributed by atoms with Gasteiger partial charge >= 0.3 is 6.18 Å². The molecule has 0 fully saturated rings. The molecule has 1 heterocycles. The number of benzene rings is 1. The van der Waals surface area contributed by atoms with Crippen LogP contribution in [0.1, 0.15) is 11.1 Å². The lowest BCUT2D eigenvalue weighted by molar-refractivity contribution is -0.138. The quantitative estimate of drug-likeness (QED) is 0.942. The van der Waals surface area contributed by atoms with Gasteiger partial charge in [0, 0.05) is 6.54 Å². The van der Waals surface area contributed by atoms with Gasteiger partial charge in [-0.15, -0.1) is 5.10 Å². The third-order valence-corrected chi connectivity index (χ3v) is 2.48. The zero-order chi connectivity index (χ0) is 13.9. The molecule has 0 saturated carbocycles. The maximum absolute atomic E-state index is 12.8. The Balaban J connectivity index is 2.16. The number of rotatable bonds is 3. The predicted octanol–water partition coefficient (Wildman–Crippen LogP) is 3.16. The summed E-state index contributed by atoms with van der Waals surface area (Å²) >= 11 is 5.53. The Morgan fingerprint density at radius 3 is 2.63 bits per heavy atom. The molecule has 1 aromatic carbocycles. The minimum Gasteiger partial charge on any atom is -0.365 e. The molecule has 0 atom stereocenters. The summed E-state index contributed by atoms with van der Waals surface area (Å²) in [5.74, 6) is 0.261. The van der Waals surface area contributed by atoms with Crippen LogP contribution in [-0.2, 0) is 12.7 Å². The Bertz CT molecular complexity index is 574. The molecule has 2 rings (SSSR count). The summed E-state index contributed by atoms with van der Waals surface area (Å²) < 4.78 is 38.3. The van der Waals surface area contributed by atoms with Crippen molar-refractivity contribution in [2.24, 2.45) is 0 Å². The van der Waals surface area contributed by atoms with Gasteiger partial charge in [-0.3, -0.25) is 0 Å². The lowest BCUT2D eigenvalue weighted by Gasteiger charge is -2.13. The van der Waals surface area contributed by atoms with Crippen LogP contribution >= 0.6 is 11.6 Å². The van der Waals surface area contributed by atoms with Crippen molar-refractivity contribution >= 4 is 17.4 Å². The van der Waals surface area contributed by atoms with Crippen LogP contribution in [0.2, 0.25) is 5.28 Å². The zero-order valence-corrected chi connectivity index (χ0v) is 10.2. The Morgan fingerprint density at radius 2 is 1.95 bits per heavy atom. The van der Waals surface area contributed by atoms with Crippen LogP contribution in [-0.4, -0.2) is 15.2 Å². The number of halogens is 4. The summed E-state index contributed by atoms with van der Waals surface area (Å²) in [6.45, 7) is -0.0370. The van der Waals surface area contributed by atoms with E-state index in [2.05, 4.69) is 20.5 Å². The van der Waals surface area contributed by atoms with E-state index in [-0.39, 0.29) is 23.2 Å². The average molecular weight is 289 g/mol. The van der Waals surface area contributed by atoms with E-state index in [1.165, 1.54) is 24.4 Å². The molecule has 0 spiro atoms. The number of hydrogen-bond acceptors (Lipinski definition) is 4. The highest BCUT2D eigenvalue weighted by molar-refractivity contribution is 6.28. The van der Waals surface area contributed by atoms with E-state index in [1.807, 2.05) is 0 Å². The van der Waals surface area contributed by atoms with Gasteiger partial charge in [0.05, 0.1) is 11.8 Å². The summed E-state index contributed by atoms with van der Waals surface area (Å²) in [6, 6.07) is 5.31. The Hall–Kier alpha value is -1.89. The van der Waals surface area contributed by atoms with Crippen molar-refractivity contribution in [2.75, 3.05) is 5.32 Å². The van der Waals surface area contributed by atoms with Gasteiger partial charge in [0.2, 0.25) is 5.28 Å². The fraction of sp³-hybridized carbons (Fsp3) is 0.182. The molecule has 8 heteroatoms. The molecule has 100 valence electrons. The van der Waals surface area contributed by atoms with Gasteiger partial charge in [0.1, 0.15) is 5.82 Å². The van der Waals surface area contributed by atoms with Crippen LogP contribution in [0, 0.1) is 0 Å². The Morgan fingerprint density at radius 1 is 1.21 bits per heavy atom. The summed E-state index contributed by atoms with van der Waals surface area (Å²) in [6.07, 6.45) is -3.11. The van der Waals surface area contributed by atoms with Crippen LogP contribution in [0.3, 0.4) is 0 Å². The first-order valence-corrected chi connectivity index (χ1v) is 5.59. The summed E-state index contributed by atoms with van der Waals surface area (Å²) in [7, 11) is 0. The molecule has 0 unspecified atom stereocenters.